The lowest BCUT2D eigenvalue weighted by atomic mass is 9.88. The van der Waals surface area contributed by atoms with E-state index in [0.717, 1.165) is 81.5 Å². The number of allylic oxidation sites excluding steroid dienone is 2. The zero-order valence-corrected chi connectivity index (χ0v) is 44.1. The Hall–Kier alpha value is -2.42. The van der Waals surface area contributed by atoms with Crippen LogP contribution in [0.5, 0.6) is 0 Å². The lowest BCUT2D eigenvalue weighted by molar-refractivity contribution is -0.167. The summed E-state index contributed by atoms with van der Waals surface area (Å²) in [6.45, 7) is 6.99. The SMILES string of the molecule is CC/C=C\CC1C(CC(=O)OCC(COC(=O)CCCCCCCC2CC2CCCCCCCC)OC(=O)CCCCCCCC2CC2CCCCCCCC)CCC1OC(=O)CCN(C)C. The van der Waals surface area contributed by atoms with Gasteiger partial charge < -0.3 is 23.8 Å². The molecule has 3 aliphatic rings. The van der Waals surface area contributed by atoms with Crippen LogP contribution in [0.2, 0.25) is 0 Å². The van der Waals surface area contributed by atoms with Crippen LogP contribution in [0.15, 0.2) is 12.2 Å². The maximum atomic E-state index is 13.3. The number of ether oxygens (including phenoxy) is 4. The average Bonchev–Trinajstić information content (AvgIpc) is 4.22. The number of esters is 4. The van der Waals surface area contributed by atoms with Crippen molar-refractivity contribution in [2.75, 3.05) is 33.9 Å². The molecule has 3 fully saturated rings. The van der Waals surface area contributed by atoms with Gasteiger partial charge in [-0.1, -0.05) is 187 Å². The number of carbonyl (C=O) groups is 4. The average molecular weight is 942 g/mol. The second kappa shape index (κ2) is 37.4. The molecule has 3 aliphatic carbocycles. The largest absolute Gasteiger partial charge is 0.462 e. The first-order valence-corrected chi connectivity index (χ1v) is 28.6. The summed E-state index contributed by atoms with van der Waals surface area (Å²) >= 11 is 0. The highest BCUT2D eigenvalue weighted by molar-refractivity contribution is 5.71. The van der Waals surface area contributed by atoms with Crippen LogP contribution < -0.4 is 0 Å². The molecule has 0 radical (unpaired) electrons. The van der Waals surface area contributed by atoms with Gasteiger partial charge in [-0.3, -0.25) is 19.2 Å². The monoisotopic (exact) mass is 942 g/mol. The quantitative estimate of drug-likeness (QED) is 0.0255. The van der Waals surface area contributed by atoms with Gasteiger partial charge in [-0.25, -0.2) is 0 Å². The van der Waals surface area contributed by atoms with Gasteiger partial charge in [0, 0.05) is 31.7 Å². The number of carbonyl (C=O) groups excluding carboxylic acids is 4. The van der Waals surface area contributed by atoms with E-state index in [9.17, 15) is 19.2 Å². The van der Waals surface area contributed by atoms with E-state index in [1.807, 2.05) is 19.0 Å². The summed E-state index contributed by atoms with van der Waals surface area (Å²) < 4.78 is 23.2. The Morgan fingerprint density at radius 2 is 0.970 bits per heavy atom. The van der Waals surface area contributed by atoms with Gasteiger partial charge in [0.25, 0.3) is 0 Å². The first kappa shape index (κ1) is 58.9. The predicted molar refractivity (Wildman–Crippen MR) is 274 cm³/mol. The number of rotatable bonds is 44. The molecule has 9 heteroatoms. The fourth-order valence-corrected chi connectivity index (χ4v) is 10.7. The van der Waals surface area contributed by atoms with Crippen molar-refractivity contribution in [3.63, 3.8) is 0 Å². The van der Waals surface area contributed by atoms with E-state index in [1.165, 1.54) is 141 Å². The zero-order chi connectivity index (χ0) is 48.3. The Bertz CT molecular complexity index is 1330. The van der Waals surface area contributed by atoms with Crippen LogP contribution in [0.4, 0.5) is 0 Å². The van der Waals surface area contributed by atoms with E-state index in [-0.39, 0.29) is 61.5 Å². The maximum Gasteiger partial charge on any atom is 0.307 e. The first-order valence-electron chi connectivity index (χ1n) is 28.6. The van der Waals surface area contributed by atoms with Crippen molar-refractivity contribution in [2.45, 2.75) is 264 Å². The highest BCUT2D eigenvalue weighted by atomic mass is 16.6. The molecule has 0 aliphatic heterocycles. The van der Waals surface area contributed by atoms with Crippen LogP contribution in [0, 0.1) is 35.5 Å². The van der Waals surface area contributed by atoms with Crippen molar-refractivity contribution in [2.24, 2.45) is 35.5 Å². The molecule has 0 aromatic carbocycles. The van der Waals surface area contributed by atoms with Gasteiger partial charge >= 0.3 is 23.9 Å². The molecule has 0 aromatic rings. The highest BCUT2D eigenvalue weighted by Crippen LogP contribution is 2.47. The van der Waals surface area contributed by atoms with E-state index >= 15 is 0 Å². The number of hydrogen-bond donors (Lipinski definition) is 0. The van der Waals surface area contributed by atoms with Gasteiger partial charge in [0.2, 0.25) is 0 Å². The van der Waals surface area contributed by atoms with Crippen LogP contribution >= 0.6 is 0 Å². The van der Waals surface area contributed by atoms with Gasteiger partial charge in [0.1, 0.15) is 19.3 Å². The maximum absolute atomic E-state index is 13.3. The van der Waals surface area contributed by atoms with E-state index < -0.39 is 6.10 Å². The highest BCUT2D eigenvalue weighted by Gasteiger charge is 2.39. The third-order valence-electron chi connectivity index (χ3n) is 15.3. The Kier molecular flexibility index (Phi) is 32.9. The van der Waals surface area contributed by atoms with E-state index in [4.69, 9.17) is 18.9 Å². The second-order valence-electron chi connectivity index (χ2n) is 21.6. The van der Waals surface area contributed by atoms with Crippen molar-refractivity contribution in [1.82, 2.24) is 4.90 Å². The normalized spacial score (nSPS) is 22.6. The van der Waals surface area contributed by atoms with Gasteiger partial charge in [-0.15, -0.1) is 0 Å². The van der Waals surface area contributed by atoms with Crippen LogP contribution in [0.3, 0.4) is 0 Å². The zero-order valence-electron chi connectivity index (χ0n) is 44.1. The molecule has 3 rings (SSSR count). The molecule has 0 N–H and O–H groups in total. The summed E-state index contributed by atoms with van der Waals surface area (Å²) in [4.78, 5) is 53.9. The number of unbranched alkanes of at least 4 members (excludes halogenated alkanes) is 18. The van der Waals surface area contributed by atoms with Gasteiger partial charge in [0.15, 0.2) is 6.10 Å². The third-order valence-corrected chi connectivity index (χ3v) is 15.3. The van der Waals surface area contributed by atoms with Crippen LogP contribution in [0.25, 0.3) is 0 Å². The lowest BCUT2D eigenvalue weighted by Gasteiger charge is -2.24. The topological polar surface area (TPSA) is 108 Å². The summed E-state index contributed by atoms with van der Waals surface area (Å²) in [7, 11) is 3.87. The molecule has 8 atom stereocenters. The van der Waals surface area contributed by atoms with Crippen LogP contribution in [-0.4, -0.2) is 74.8 Å². The van der Waals surface area contributed by atoms with Crippen LogP contribution in [0.1, 0.15) is 252 Å². The van der Waals surface area contributed by atoms with Gasteiger partial charge in [-0.2, -0.15) is 0 Å². The summed E-state index contributed by atoms with van der Waals surface area (Å²) in [5, 5.41) is 0. The molecule has 388 valence electrons. The Labute approximate surface area is 411 Å². The minimum Gasteiger partial charge on any atom is -0.462 e. The first-order chi connectivity index (χ1) is 32.6. The minimum absolute atomic E-state index is 0.0100. The molecule has 3 saturated carbocycles. The molecule has 8 unspecified atom stereocenters. The van der Waals surface area contributed by atoms with Gasteiger partial charge in [-0.05, 0) is 95.1 Å². The molecule has 0 heterocycles. The van der Waals surface area contributed by atoms with Crippen LogP contribution in [-0.2, 0) is 38.1 Å². The Balaban J connectivity index is 1.36. The molecule has 0 aromatic heterocycles. The lowest BCUT2D eigenvalue weighted by Crippen LogP contribution is -2.31. The molecular weight excluding hydrogens is 839 g/mol. The summed E-state index contributed by atoms with van der Waals surface area (Å²) in [6, 6.07) is 0. The second-order valence-corrected chi connectivity index (χ2v) is 21.6. The van der Waals surface area contributed by atoms with E-state index in [1.54, 1.807) is 0 Å². The van der Waals surface area contributed by atoms with E-state index in [0.29, 0.717) is 32.2 Å². The van der Waals surface area contributed by atoms with Gasteiger partial charge in [0.05, 0.1) is 6.42 Å². The summed E-state index contributed by atoms with van der Waals surface area (Å²) in [5.74, 6) is 2.66. The van der Waals surface area contributed by atoms with Crippen molar-refractivity contribution in [3.8, 4) is 0 Å². The standard InChI is InChI=1S/C58H103NO8/c1-6-9-12-14-18-25-31-47-42-49(47)33-27-20-16-22-29-36-55(60)64-45-52(66-56(61)37-30-23-17-21-28-34-50-43-48(50)32-26-19-15-13-10-7-2)46-65-58(63)44-51-38-39-54(53(51)35-24-11-8-3)67-57(62)40-41-59(4)5/h11,24,47-54H,6-10,12-23,25-46H2,1-5H3/b24-11-. The molecule has 0 bridgehead atoms. The third kappa shape index (κ3) is 29.4. The predicted octanol–water partition coefficient (Wildman–Crippen LogP) is 14.9. The fourth-order valence-electron chi connectivity index (χ4n) is 10.7. The molecule has 67 heavy (non-hydrogen) atoms. The van der Waals surface area contributed by atoms with Crippen molar-refractivity contribution in [3.05, 3.63) is 12.2 Å². The van der Waals surface area contributed by atoms with Crippen molar-refractivity contribution < 1.29 is 38.1 Å². The van der Waals surface area contributed by atoms with Crippen molar-refractivity contribution in [1.29, 1.82) is 0 Å². The molecule has 9 nitrogen and oxygen atoms in total. The number of nitrogens with zero attached hydrogens (tertiary/aromatic N) is 1. The molecule has 0 amide bonds. The van der Waals surface area contributed by atoms with Crippen molar-refractivity contribution >= 4 is 23.9 Å². The minimum atomic E-state index is -0.854. The Morgan fingerprint density at radius 1 is 0.507 bits per heavy atom. The molecule has 0 spiro atoms. The smallest absolute Gasteiger partial charge is 0.307 e. The molecule has 0 saturated heterocycles. The van der Waals surface area contributed by atoms with E-state index in [2.05, 4.69) is 32.9 Å². The summed E-state index contributed by atoms with van der Waals surface area (Å²) in [6.07, 6.45) is 43.3. The summed E-state index contributed by atoms with van der Waals surface area (Å²) in [5.41, 5.74) is 0. The molecular formula is C58H103NO8. The Morgan fingerprint density at radius 3 is 1.46 bits per heavy atom. The fraction of sp³-hybridized carbons (Fsp3) is 0.897. The number of hydrogen-bond acceptors (Lipinski definition) is 9.